The van der Waals surface area contributed by atoms with E-state index in [4.69, 9.17) is 0 Å². The molecule has 1 N–H and O–H groups in total. The highest BCUT2D eigenvalue weighted by atomic mass is 32.2. The van der Waals surface area contributed by atoms with Crippen molar-refractivity contribution in [2.45, 2.75) is 17.7 Å². The van der Waals surface area contributed by atoms with Crippen LogP contribution in [-0.4, -0.2) is 20.1 Å². The van der Waals surface area contributed by atoms with E-state index in [0.29, 0.717) is 24.5 Å². The Balaban J connectivity index is 1.89. The molecule has 2 aromatic carbocycles. The Morgan fingerprint density at radius 3 is 2.61 bits per heavy atom. The molecule has 0 radical (unpaired) electrons. The summed E-state index contributed by atoms with van der Waals surface area (Å²) >= 11 is 0. The highest BCUT2D eigenvalue weighted by molar-refractivity contribution is 7.91. The fourth-order valence-electron chi connectivity index (χ4n) is 2.57. The molecule has 3 rings (SSSR count). The molecule has 1 aliphatic rings. The van der Waals surface area contributed by atoms with Crippen molar-refractivity contribution in [2.24, 2.45) is 0 Å². The minimum atomic E-state index is -3.29. The molecular formula is C16H13F2NO3S. The van der Waals surface area contributed by atoms with Crippen molar-refractivity contribution in [3.05, 3.63) is 59.2 Å². The monoisotopic (exact) mass is 337 g/mol. The fourth-order valence-corrected chi connectivity index (χ4v) is 4.15. The highest BCUT2D eigenvalue weighted by Crippen LogP contribution is 2.26. The maximum atomic E-state index is 13.6. The number of rotatable bonds is 2. The lowest BCUT2D eigenvalue weighted by Gasteiger charge is -2.17. The van der Waals surface area contributed by atoms with E-state index in [9.17, 15) is 22.0 Å². The molecule has 4 nitrogen and oxygen atoms in total. The average Bonchev–Trinajstić information content (AvgIpc) is 2.49. The summed E-state index contributed by atoms with van der Waals surface area (Å²) < 4.78 is 50.3. The zero-order chi connectivity index (χ0) is 16.6. The van der Waals surface area contributed by atoms with Crippen LogP contribution < -0.4 is 5.32 Å². The third kappa shape index (κ3) is 3.10. The SMILES string of the molecule is O=C(Nc1ccc(F)cc1F)c1ccc2c(c1)CCCS2(=O)=O. The van der Waals surface area contributed by atoms with Crippen molar-refractivity contribution in [2.75, 3.05) is 11.1 Å². The van der Waals surface area contributed by atoms with E-state index in [1.165, 1.54) is 18.2 Å². The molecule has 0 fully saturated rings. The van der Waals surface area contributed by atoms with E-state index < -0.39 is 27.4 Å². The van der Waals surface area contributed by atoms with Gasteiger partial charge in [0.2, 0.25) is 0 Å². The molecule has 0 aromatic heterocycles. The summed E-state index contributed by atoms with van der Waals surface area (Å²) in [6.45, 7) is 0. The molecule has 1 heterocycles. The number of fused-ring (bicyclic) bond motifs is 1. The predicted octanol–water partition coefficient (Wildman–Crippen LogP) is 2.94. The molecule has 0 unspecified atom stereocenters. The molecule has 0 saturated carbocycles. The van der Waals surface area contributed by atoms with Gasteiger partial charge in [-0.25, -0.2) is 17.2 Å². The number of carbonyl (C=O) groups excluding carboxylic acids is 1. The van der Waals surface area contributed by atoms with Gasteiger partial charge in [-0.15, -0.1) is 0 Å². The van der Waals surface area contributed by atoms with E-state index in [-0.39, 0.29) is 21.9 Å². The number of hydrogen-bond acceptors (Lipinski definition) is 3. The maximum Gasteiger partial charge on any atom is 0.255 e. The van der Waals surface area contributed by atoms with Gasteiger partial charge in [-0.1, -0.05) is 0 Å². The summed E-state index contributed by atoms with van der Waals surface area (Å²) in [4.78, 5) is 12.4. The second kappa shape index (κ2) is 5.73. The topological polar surface area (TPSA) is 63.2 Å². The Morgan fingerprint density at radius 2 is 1.87 bits per heavy atom. The van der Waals surface area contributed by atoms with Crippen molar-refractivity contribution >= 4 is 21.4 Å². The number of hydrogen-bond donors (Lipinski definition) is 1. The van der Waals surface area contributed by atoms with E-state index in [2.05, 4.69) is 5.32 Å². The zero-order valence-electron chi connectivity index (χ0n) is 12.0. The molecule has 7 heteroatoms. The molecule has 0 bridgehead atoms. The van der Waals surface area contributed by atoms with Crippen LogP contribution in [0.1, 0.15) is 22.3 Å². The normalized spacial score (nSPS) is 15.7. The number of carbonyl (C=O) groups is 1. The lowest BCUT2D eigenvalue weighted by atomic mass is 10.1. The van der Waals surface area contributed by atoms with E-state index in [0.717, 1.165) is 12.1 Å². The van der Waals surface area contributed by atoms with E-state index in [1.807, 2.05) is 0 Å². The van der Waals surface area contributed by atoms with Gasteiger partial charge in [0.05, 0.1) is 16.3 Å². The second-order valence-corrected chi connectivity index (χ2v) is 7.40. The van der Waals surface area contributed by atoms with Crippen molar-refractivity contribution in [1.82, 2.24) is 0 Å². The van der Waals surface area contributed by atoms with Crippen LogP contribution in [0, 0.1) is 11.6 Å². The predicted molar refractivity (Wildman–Crippen MR) is 81.1 cm³/mol. The van der Waals surface area contributed by atoms with Crippen molar-refractivity contribution in [3.8, 4) is 0 Å². The Labute approximate surface area is 132 Å². The number of halogens is 2. The van der Waals surface area contributed by atoms with Crippen LogP contribution in [0.5, 0.6) is 0 Å². The Hall–Kier alpha value is -2.28. The molecule has 1 amide bonds. The van der Waals surface area contributed by atoms with Gasteiger partial charge in [0.1, 0.15) is 11.6 Å². The van der Waals surface area contributed by atoms with Crippen LogP contribution in [0.3, 0.4) is 0 Å². The van der Waals surface area contributed by atoms with Crippen LogP contribution in [0.25, 0.3) is 0 Å². The minimum absolute atomic E-state index is 0.104. The number of amides is 1. The Bertz CT molecular complexity index is 894. The smallest absolute Gasteiger partial charge is 0.255 e. The highest BCUT2D eigenvalue weighted by Gasteiger charge is 2.24. The Morgan fingerprint density at radius 1 is 1.09 bits per heavy atom. The summed E-state index contributed by atoms with van der Waals surface area (Å²) in [7, 11) is -3.29. The molecule has 120 valence electrons. The first-order valence-corrected chi connectivity index (χ1v) is 8.64. The van der Waals surface area contributed by atoms with Crippen molar-refractivity contribution in [3.63, 3.8) is 0 Å². The van der Waals surface area contributed by atoms with Crippen LogP contribution in [0.4, 0.5) is 14.5 Å². The quantitative estimate of drug-likeness (QED) is 0.916. The first kappa shape index (κ1) is 15.6. The van der Waals surface area contributed by atoms with Crippen LogP contribution in [-0.2, 0) is 16.3 Å². The van der Waals surface area contributed by atoms with Gasteiger partial charge in [0, 0.05) is 11.6 Å². The third-order valence-corrected chi connectivity index (χ3v) is 5.59. The first-order valence-electron chi connectivity index (χ1n) is 6.99. The molecule has 0 atom stereocenters. The van der Waals surface area contributed by atoms with Gasteiger partial charge < -0.3 is 5.32 Å². The average molecular weight is 337 g/mol. The maximum absolute atomic E-state index is 13.6. The van der Waals surface area contributed by atoms with Crippen LogP contribution in [0.2, 0.25) is 0 Å². The standard InChI is InChI=1S/C16H13F2NO3S/c17-12-4-5-14(13(18)9-12)19-16(20)11-3-6-15-10(8-11)2-1-7-23(15,21)22/h3-6,8-9H,1-2,7H2,(H,19,20). The number of sulfone groups is 1. The molecule has 1 aliphatic heterocycles. The van der Waals surface area contributed by atoms with Crippen molar-refractivity contribution in [1.29, 1.82) is 0 Å². The summed E-state index contributed by atoms with van der Waals surface area (Å²) in [5, 5.41) is 2.35. The fraction of sp³-hybridized carbons (Fsp3) is 0.188. The van der Waals surface area contributed by atoms with Gasteiger partial charge in [-0.2, -0.15) is 0 Å². The van der Waals surface area contributed by atoms with Crippen LogP contribution >= 0.6 is 0 Å². The van der Waals surface area contributed by atoms with Gasteiger partial charge in [0.25, 0.3) is 5.91 Å². The number of aryl methyl sites for hydroxylation is 1. The van der Waals surface area contributed by atoms with Gasteiger partial charge in [0.15, 0.2) is 9.84 Å². The molecule has 0 spiro atoms. The first-order chi connectivity index (χ1) is 10.9. The summed E-state index contributed by atoms with van der Waals surface area (Å²) in [6.07, 6.45) is 1.08. The molecule has 2 aromatic rings. The van der Waals surface area contributed by atoms with E-state index in [1.54, 1.807) is 0 Å². The third-order valence-electron chi connectivity index (χ3n) is 3.70. The summed E-state index contributed by atoms with van der Waals surface area (Å²) in [6, 6.07) is 7.14. The lowest BCUT2D eigenvalue weighted by Crippen LogP contribution is -2.18. The van der Waals surface area contributed by atoms with Gasteiger partial charge >= 0.3 is 0 Å². The lowest BCUT2D eigenvalue weighted by molar-refractivity contribution is 0.102. The summed E-state index contributed by atoms with van der Waals surface area (Å²) in [5.74, 6) is -2.09. The van der Waals surface area contributed by atoms with Gasteiger partial charge in [-0.3, -0.25) is 4.79 Å². The van der Waals surface area contributed by atoms with Crippen LogP contribution in [0.15, 0.2) is 41.3 Å². The van der Waals surface area contributed by atoms with E-state index >= 15 is 0 Å². The van der Waals surface area contributed by atoms with Crippen molar-refractivity contribution < 1.29 is 22.0 Å². The molecular weight excluding hydrogens is 324 g/mol. The largest absolute Gasteiger partial charge is 0.319 e. The molecule has 0 aliphatic carbocycles. The molecule has 23 heavy (non-hydrogen) atoms. The summed E-state index contributed by atoms with van der Waals surface area (Å²) in [5.41, 5.74) is 0.676. The van der Waals surface area contributed by atoms with Gasteiger partial charge in [-0.05, 0) is 48.7 Å². The number of anilines is 1. The number of nitrogens with one attached hydrogen (secondary N) is 1. The molecule has 0 saturated heterocycles. The Kier molecular flexibility index (Phi) is 3.89. The second-order valence-electron chi connectivity index (χ2n) is 5.32. The zero-order valence-corrected chi connectivity index (χ0v) is 12.8. The number of benzene rings is 2. The minimum Gasteiger partial charge on any atom is -0.319 e.